The molecule has 0 aliphatic carbocycles. The van der Waals surface area contributed by atoms with Gasteiger partial charge in [0.25, 0.3) is 0 Å². The highest BCUT2D eigenvalue weighted by molar-refractivity contribution is 6.08. The van der Waals surface area contributed by atoms with Crippen molar-refractivity contribution in [3.8, 4) is 17.2 Å². The van der Waals surface area contributed by atoms with Gasteiger partial charge in [-0.1, -0.05) is 77.9 Å². The summed E-state index contributed by atoms with van der Waals surface area (Å²) in [6.45, 7) is 5.75. The van der Waals surface area contributed by atoms with Gasteiger partial charge in [-0.15, -0.1) is 0 Å². The predicted octanol–water partition coefficient (Wildman–Crippen LogP) is 5.96. The molecule has 3 aliphatic heterocycles. The third-order valence-corrected chi connectivity index (χ3v) is 8.07. The van der Waals surface area contributed by atoms with E-state index < -0.39 is 5.41 Å². The number of aryl methyl sites for hydroxylation is 2. The SMILES string of the molecule is Cc1ccc(C[N+]2(Cc3cccc(C)c3)C(=O)C3(COc4cc5c(cc43)OCO5)c3ccccc32)cc1. The maximum Gasteiger partial charge on any atom is 0.338 e. The van der Waals surface area contributed by atoms with Crippen LogP contribution in [0.2, 0.25) is 0 Å². The van der Waals surface area contributed by atoms with Crippen molar-refractivity contribution >= 4 is 11.6 Å². The van der Waals surface area contributed by atoms with Crippen molar-refractivity contribution in [3.63, 3.8) is 0 Å². The van der Waals surface area contributed by atoms with Crippen LogP contribution in [0, 0.1) is 13.8 Å². The van der Waals surface area contributed by atoms with E-state index in [4.69, 9.17) is 14.2 Å². The average molecular weight is 491 g/mol. The van der Waals surface area contributed by atoms with Crippen molar-refractivity contribution in [2.75, 3.05) is 13.4 Å². The molecule has 2 unspecified atom stereocenters. The first-order valence-electron chi connectivity index (χ1n) is 12.7. The largest absolute Gasteiger partial charge is 0.491 e. The molecule has 0 aromatic heterocycles. The number of para-hydroxylation sites is 1. The van der Waals surface area contributed by atoms with Gasteiger partial charge in [-0.2, -0.15) is 0 Å². The zero-order chi connectivity index (χ0) is 25.2. The van der Waals surface area contributed by atoms with Crippen LogP contribution in [0.5, 0.6) is 17.2 Å². The molecule has 37 heavy (non-hydrogen) atoms. The molecule has 0 saturated carbocycles. The second kappa shape index (κ2) is 7.95. The molecule has 0 fully saturated rings. The van der Waals surface area contributed by atoms with Crippen LogP contribution in [0.1, 0.15) is 33.4 Å². The number of carbonyl (C=O) groups excluding carboxylic acids is 1. The number of hydrogen-bond acceptors (Lipinski definition) is 4. The Bertz CT molecular complexity index is 1560. The molecule has 3 aliphatic rings. The monoisotopic (exact) mass is 490 g/mol. The van der Waals surface area contributed by atoms with Gasteiger partial charge in [0.2, 0.25) is 6.79 Å². The number of carbonyl (C=O) groups is 1. The summed E-state index contributed by atoms with van der Waals surface area (Å²) < 4.78 is 17.8. The second-order valence-electron chi connectivity index (χ2n) is 10.5. The van der Waals surface area contributed by atoms with Crippen molar-refractivity contribution < 1.29 is 19.0 Å². The second-order valence-corrected chi connectivity index (χ2v) is 10.5. The molecule has 1 amide bonds. The molecule has 3 heterocycles. The quantitative estimate of drug-likeness (QED) is 0.331. The molecule has 5 heteroatoms. The lowest BCUT2D eigenvalue weighted by atomic mass is 9.77. The summed E-state index contributed by atoms with van der Waals surface area (Å²) in [7, 11) is 0. The van der Waals surface area contributed by atoms with E-state index in [-0.39, 0.29) is 23.8 Å². The fourth-order valence-electron chi connectivity index (χ4n) is 6.33. The summed E-state index contributed by atoms with van der Waals surface area (Å²) in [6, 6.07) is 29.1. The summed E-state index contributed by atoms with van der Waals surface area (Å²) in [6.07, 6.45) is 0. The lowest BCUT2D eigenvalue weighted by Crippen LogP contribution is -2.56. The fourth-order valence-corrected chi connectivity index (χ4v) is 6.33. The van der Waals surface area contributed by atoms with Gasteiger partial charge in [-0.25, -0.2) is 9.28 Å². The Hall–Kier alpha value is -4.09. The van der Waals surface area contributed by atoms with Crippen LogP contribution >= 0.6 is 0 Å². The van der Waals surface area contributed by atoms with Crippen LogP contribution in [-0.2, 0) is 23.3 Å². The lowest BCUT2D eigenvalue weighted by Gasteiger charge is -2.34. The number of fused-ring (bicyclic) bond motifs is 5. The first-order valence-corrected chi connectivity index (χ1v) is 12.7. The number of rotatable bonds is 4. The van der Waals surface area contributed by atoms with Gasteiger partial charge in [-0.05, 0) is 26.0 Å². The first kappa shape index (κ1) is 22.1. The van der Waals surface area contributed by atoms with Crippen molar-refractivity contribution in [2.45, 2.75) is 32.4 Å². The Balaban J connectivity index is 1.46. The minimum Gasteiger partial charge on any atom is -0.491 e. The Morgan fingerprint density at radius 3 is 2.27 bits per heavy atom. The number of ether oxygens (including phenoxy) is 3. The van der Waals surface area contributed by atoms with Crippen LogP contribution in [0.3, 0.4) is 0 Å². The van der Waals surface area contributed by atoms with Crippen LogP contribution in [0.15, 0.2) is 84.9 Å². The number of amides is 1. The van der Waals surface area contributed by atoms with Gasteiger partial charge in [0, 0.05) is 28.3 Å². The van der Waals surface area contributed by atoms with Crippen molar-refractivity contribution in [3.05, 3.63) is 118 Å². The summed E-state index contributed by atoms with van der Waals surface area (Å²) in [5, 5.41) is 0. The number of hydrogen-bond donors (Lipinski definition) is 0. The van der Waals surface area contributed by atoms with E-state index in [2.05, 4.69) is 74.5 Å². The Labute approximate surface area is 216 Å². The number of benzene rings is 4. The average Bonchev–Trinajstić information content (AvgIpc) is 3.57. The van der Waals surface area contributed by atoms with Crippen LogP contribution in [0.4, 0.5) is 5.69 Å². The highest BCUT2D eigenvalue weighted by Crippen LogP contribution is 2.58. The fraction of sp³-hybridized carbons (Fsp3) is 0.219. The summed E-state index contributed by atoms with van der Waals surface area (Å²) in [5.41, 5.74) is 6.64. The molecule has 0 N–H and O–H groups in total. The standard InChI is InChI=1S/C32H28NO4/c1-21-10-12-23(13-11-21)17-33(18-24-7-5-6-22(2)14-24)27-9-4-3-8-25(27)32(31(33)34)19-35-28-16-30-29(15-26(28)32)36-20-37-30/h3-16H,17-20H2,1-2H3/q+1. The van der Waals surface area contributed by atoms with Gasteiger partial charge < -0.3 is 14.2 Å². The van der Waals surface area contributed by atoms with Gasteiger partial charge >= 0.3 is 5.91 Å². The molecule has 7 rings (SSSR count). The molecule has 4 aromatic carbocycles. The molecule has 0 bridgehead atoms. The minimum atomic E-state index is -0.915. The lowest BCUT2D eigenvalue weighted by molar-refractivity contribution is -0.134. The molecule has 4 aromatic rings. The van der Waals surface area contributed by atoms with Crippen LogP contribution in [0.25, 0.3) is 0 Å². The van der Waals surface area contributed by atoms with Gasteiger partial charge in [0.05, 0.1) is 0 Å². The van der Waals surface area contributed by atoms with E-state index >= 15 is 4.79 Å². The first-order chi connectivity index (χ1) is 18.0. The van der Waals surface area contributed by atoms with Gasteiger partial charge in [0.15, 0.2) is 16.9 Å². The van der Waals surface area contributed by atoms with Crippen molar-refractivity contribution in [2.24, 2.45) is 0 Å². The van der Waals surface area contributed by atoms with Crippen molar-refractivity contribution in [1.29, 1.82) is 0 Å². The van der Waals surface area contributed by atoms with Crippen LogP contribution < -0.4 is 18.7 Å². The Kier molecular flexibility index (Phi) is 4.76. The summed E-state index contributed by atoms with van der Waals surface area (Å²) in [5.74, 6) is 2.15. The summed E-state index contributed by atoms with van der Waals surface area (Å²) >= 11 is 0. The van der Waals surface area contributed by atoms with Crippen molar-refractivity contribution in [1.82, 2.24) is 4.48 Å². The zero-order valence-corrected chi connectivity index (χ0v) is 21.0. The maximum atomic E-state index is 15.2. The minimum absolute atomic E-state index is 0.133. The van der Waals surface area contributed by atoms with E-state index in [0.29, 0.717) is 30.3 Å². The molecule has 0 radical (unpaired) electrons. The number of nitrogens with zero attached hydrogens (tertiary/aromatic N) is 1. The van der Waals surface area contributed by atoms with E-state index in [1.165, 1.54) is 11.1 Å². The van der Waals surface area contributed by atoms with Gasteiger partial charge in [-0.3, -0.25) is 0 Å². The highest BCUT2D eigenvalue weighted by atomic mass is 16.7. The molecule has 5 nitrogen and oxygen atoms in total. The smallest absolute Gasteiger partial charge is 0.338 e. The van der Waals surface area contributed by atoms with Gasteiger partial charge in [0.1, 0.15) is 31.1 Å². The third-order valence-electron chi connectivity index (χ3n) is 8.07. The molecule has 184 valence electrons. The third kappa shape index (κ3) is 3.17. The van der Waals surface area contributed by atoms with Crippen LogP contribution in [-0.4, -0.2) is 19.3 Å². The molecule has 1 spiro atoms. The molecule has 2 atom stereocenters. The topological polar surface area (TPSA) is 44.8 Å². The Morgan fingerprint density at radius 2 is 1.46 bits per heavy atom. The highest BCUT2D eigenvalue weighted by Gasteiger charge is 2.66. The predicted molar refractivity (Wildman–Crippen MR) is 142 cm³/mol. The zero-order valence-electron chi connectivity index (χ0n) is 21.0. The number of quaternary nitrogens is 1. The molecular weight excluding hydrogens is 462 g/mol. The van der Waals surface area contributed by atoms with E-state index in [0.717, 1.165) is 27.9 Å². The van der Waals surface area contributed by atoms with E-state index in [9.17, 15) is 0 Å². The Morgan fingerprint density at radius 1 is 0.703 bits per heavy atom. The molecular formula is C32H28NO4+. The molecule has 0 saturated heterocycles. The normalized spacial score (nSPS) is 22.7. The summed E-state index contributed by atoms with van der Waals surface area (Å²) in [4.78, 5) is 15.2. The van der Waals surface area contributed by atoms with E-state index in [1.807, 2.05) is 24.3 Å². The van der Waals surface area contributed by atoms with E-state index in [1.54, 1.807) is 0 Å². The maximum absolute atomic E-state index is 15.2.